The lowest BCUT2D eigenvalue weighted by Crippen LogP contribution is -2.64. The zero-order valence-corrected chi connectivity index (χ0v) is 12.1. The molecule has 0 atom stereocenters. The molecule has 3 heteroatoms. The first-order valence-electron chi connectivity index (χ1n) is 8.17. The minimum absolute atomic E-state index is 0.415. The average molecular weight is 261 g/mol. The van der Waals surface area contributed by atoms with Gasteiger partial charge in [-0.2, -0.15) is 5.26 Å². The third-order valence-electron chi connectivity index (χ3n) is 5.81. The van der Waals surface area contributed by atoms with Gasteiger partial charge in [-0.05, 0) is 51.1 Å². The maximum Gasteiger partial charge on any atom is 0.0870 e. The molecule has 1 spiro atoms. The van der Waals surface area contributed by atoms with Crippen molar-refractivity contribution in [1.29, 1.82) is 5.26 Å². The van der Waals surface area contributed by atoms with Gasteiger partial charge in [0.05, 0.1) is 12.6 Å². The molecule has 2 heterocycles. The Balaban J connectivity index is 1.45. The van der Waals surface area contributed by atoms with Crippen molar-refractivity contribution in [3.63, 3.8) is 0 Å². The maximum absolute atomic E-state index is 8.88. The van der Waals surface area contributed by atoms with Crippen LogP contribution in [0.3, 0.4) is 0 Å². The lowest BCUT2D eigenvalue weighted by Gasteiger charge is -2.56. The summed E-state index contributed by atoms with van der Waals surface area (Å²) >= 11 is 0. The molecule has 1 saturated carbocycles. The van der Waals surface area contributed by atoms with Gasteiger partial charge in [0.15, 0.2) is 0 Å². The summed E-state index contributed by atoms with van der Waals surface area (Å²) in [6.45, 7) is 5.66. The zero-order valence-electron chi connectivity index (χ0n) is 12.1. The van der Waals surface area contributed by atoms with E-state index in [1.54, 1.807) is 0 Å². The second kappa shape index (κ2) is 5.81. The molecule has 19 heavy (non-hydrogen) atoms. The van der Waals surface area contributed by atoms with Crippen LogP contribution in [-0.2, 0) is 0 Å². The van der Waals surface area contributed by atoms with E-state index in [0.717, 1.165) is 12.5 Å². The van der Waals surface area contributed by atoms with Crippen molar-refractivity contribution >= 4 is 0 Å². The first-order valence-corrected chi connectivity index (χ1v) is 8.17. The zero-order chi connectivity index (χ0) is 13.1. The molecule has 0 amide bonds. The molecule has 1 aliphatic carbocycles. The lowest BCUT2D eigenvalue weighted by atomic mass is 9.76. The van der Waals surface area contributed by atoms with Crippen LogP contribution in [0.2, 0.25) is 0 Å². The molecule has 0 unspecified atom stereocenters. The van der Waals surface area contributed by atoms with Crippen molar-refractivity contribution in [2.75, 3.05) is 32.7 Å². The van der Waals surface area contributed by atoms with Crippen molar-refractivity contribution in [3.05, 3.63) is 0 Å². The van der Waals surface area contributed by atoms with Gasteiger partial charge in [-0.15, -0.1) is 0 Å². The first kappa shape index (κ1) is 13.4. The maximum atomic E-state index is 8.88. The highest BCUT2D eigenvalue weighted by atomic mass is 15.3. The molecule has 2 aliphatic heterocycles. The van der Waals surface area contributed by atoms with Crippen molar-refractivity contribution < 1.29 is 0 Å². The minimum atomic E-state index is 0.415. The van der Waals surface area contributed by atoms with E-state index in [9.17, 15) is 0 Å². The van der Waals surface area contributed by atoms with Gasteiger partial charge in [0.25, 0.3) is 0 Å². The molecular formula is C16H27N3. The Morgan fingerprint density at radius 2 is 1.68 bits per heavy atom. The summed E-state index contributed by atoms with van der Waals surface area (Å²) in [5.41, 5.74) is 0.415. The quantitative estimate of drug-likeness (QED) is 0.732. The molecule has 0 aromatic heterocycles. The van der Waals surface area contributed by atoms with E-state index in [2.05, 4.69) is 15.9 Å². The van der Waals surface area contributed by atoms with Crippen LogP contribution in [0.25, 0.3) is 0 Å². The average Bonchev–Trinajstić information content (AvgIpc) is 2.46. The fraction of sp³-hybridized carbons (Fsp3) is 0.938. The Morgan fingerprint density at radius 3 is 2.26 bits per heavy atom. The molecular weight excluding hydrogens is 234 g/mol. The highest BCUT2D eigenvalue weighted by Crippen LogP contribution is 2.39. The van der Waals surface area contributed by atoms with E-state index in [1.165, 1.54) is 71.0 Å². The van der Waals surface area contributed by atoms with Gasteiger partial charge in [-0.1, -0.05) is 19.3 Å². The molecule has 0 aromatic rings. The second-order valence-corrected chi connectivity index (χ2v) is 6.86. The molecule has 2 saturated heterocycles. The molecule has 3 aliphatic rings. The summed E-state index contributed by atoms with van der Waals surface area (Å²) < 4.78 is 0. The van der Waals surface area contributed by atoms with E-state index >= 15 is 0 Å². The number of hydrogen-bond acceptors (Lipinski definition) is 3. The molecule has 0 bridgehead atoms. The number of piperidine rings is 1. The SMILES string of the molecule is N#CCN1CCC12CCN(CC1CCCCC1)CC2. The van der Waals surface area contributed by atoms with Crippen LogP contribution < -0.4 is 0 Å². The number of nitrogens with zero attached hydrogens (tertiary/aromatic N) is 3. The predicted molar refractivity (Wildman–Crippen MR) is 76.8 cm³/mol. The monoisotopic (exact) mass is 261 g/mol. The normalized spacial score (nSPS) is 29.0. The fourth-order valence-electron chi connectivity index (χ4n) is 4.37. The van der Waals surface area contributed by atoms with Gasteiger partial charge >= 0.3 is 0 Å². The highest BCUT2D eigenvalue weighted by Gasteiger charge is 2.46. The minimum Gasteiger partial charge on any atom is -0.303 e. The van der Waals surface area contributed by atoms with E-state index in [0.29, 0.717) is 12.1 Å². The van der Waals surface area contributed by atoms with Crippen molar-refractivity contribution in [2.24, 2.45) is 5.92 Å². The largest absolute Gasteiger partial charge is 0.303 e. The van der Waals surface area contributed by atoms with Crippen LogP contribution >= 0.6 is 0 Å². The molecule has 0 radical (unpaired) electrons. The topological polar surface area (TPSA) is 30.3 Å². The van der Waals surface area contributed by atoms with Gasteiger partial charge in [-0.25, -0.2) is 0 Å². The summed E-state index contributed by atoms with van der Waals surface area (Å²) in [7, 11) is 0. The van der Waals surface area contributed by atoms with Crippen molar-refractivity contribution in [3.8, 4) is 6.07 Å². The van der Waals surface area contributed by atoms with E-state index in [4.69, 9.17) is 5.26 Å². The Hall–Kier alpha value is -0.590. The van der Waals surface area contributed by atoms with Crippen LogP contribution in [-0.4, -0.2) is 48.1 Å². The lowest BCUT2D eigenvalue weighted by molar-refractivity contribution is -0.0520. The second-order valence-electron chi connectivity index (χ2n) is 6.86. The predicted octanol–water partition coefficient (Wildman–Crippen LogP) is 2.63. The highest BCUT2D eigenvalue weighted by molar-refractivity contribution is 5.05. The van der Waals surface area contributed by atoms with E-state index in [1.807, 2.05) is 0 Å². The van der Waals surface area contributed by atoms with Crippen molar-refractivity contribution in [1.82, 2.24) is 9.80 Å². The van der Waals surface area contributed by atoms with Gasteiger partial charge in [0, 0.05) is 18.6 Å². The van der Waals surface area contributed by atoms with Crippen LogP contribution in [0.5, 0.6) is 0 Å². The van der Waals surface area contributed by atoms with Crippen molar-refractivity contribution in [2.45, 2.75) is 56.9 Å². The fourth-order valence-corrected chi connectivity index (χ4v) is 4.37. The van der Waals surface area contributed by atoms with E-state index < -0.39 is 0 Å². The van der Waals surface area contributed by atoms with Gasteiger partial charge in [0.2, 0.25) is 0 Å². The summed E-state index contributed by atoms with van der Waals surface area (Å²) in [5.74, 6) is 0.972. The number of nitriles is 1. The first-order chi connectivity index (χ1) is 9.32. The molecule has 0 aromatic carbocycles. The standard InChI is InChI=1S/C16H27N3/c17-9-13-19-12-8-16(19)6-10-18(11-7-16)14-15-4-2-1-3-5-15/h15H,1-8,10-14H2. The molecule has 0 N–H and O–H groups in total. The van der Waals surface area contributed by atoms with Gasteiger partial charge < -0.3 is 4.90 Å². The molecule has 106 valence electrons. The summed E-state index contributed by atoms with van der Waals surface area (Å²) in [4.78, 5) is 5.12. The summed E-state index contributed by atoms with van der Waals surface area (Å²) in [5, 5.41) is 8.88. The Kier molecular flexibility index (Phi) is 4.10. The summed E-state index contributed by atoms with van der Waals surface area (Å²) in [6.07, 6.45) is 11.2. The Labute approximate surface area is 117 Å². The molecule has 3 nitrogen and oxygen atoms in total. The molecule has 3 fully saturated rings. The third kappa shape index (κ3) is 2.80. The number of likely N-dealkylation sites (tertiary alicyclic amines) is 2. The van der Waals surface area contributed by atoms with Gasteiger partial charge in [-0.3, -0.25) is 4.90 Å². The molecule has 3 rings (SSSR count). The van der Waals surface area contributed by atoms with Gasteiger partial charge in [0.1, 0.15) is 0 Å². The Morgan fingerprint density at radius 1 is 1.00 bits per heavy atom. The van der Waals surface area contributed by atoms with E-state index in [-0.39, 0.29) is 0 Å². The van der Waals surface area contributed by atoms with Crippen LogP contribution in [0.4, 0.5) is 0 Å². The Bertz CT molecular complexity index is 332. The number of rotatable bonds is 3. The number of hydrogen-bond donors (Lipinski definition) is 0. The van der Waals surface area contributed by atoms with Crippen LogP contribution in [0.1, 0.15) is 51.4 Å². The smallest absolute Gasteiger partial charge is 0.0870 e. The van der Waals surface area contributed by atoms with Crippen LogP contribution in [0.15, 0.2) is 0 Å². The summed E-state index contributed by atoms with van der Waals surface area (Å²) in [6, 6.07) is 2.33. The van der Waals surface area contributed by atoms with Crippen LogP contribution in [0, 0.1) is 17.2 Å². The third-order valence-corrected chi connectivity index (χ3v) is 5.81.